The van der Waals surface area contributed by atoms with Crippen LogP contribution in [0.5, 0.6) is 0 Å². The maximum atomic E-state index is 10.4. The quantitative estimate of drug-likeness (QED) is 0.644. The van der Waals surface area contributed by atoms with E-state index in [1.165, 1.54) is 5.56 Å². The third kappa shape index (κ3) is 1.07. The molecule has 0 unspecified atom stereocenters. The van der Waals surface area contributed by atoms with Crippen LogP contribution in [0, 0.1) is 4.91 Å². The lowest BCUT2D eigenvalue weighted by molar-refractivity contribution is 0.830. The van der Waals surface area contributed by atoms with Gasteiger partial charge in [-0.05, 0) is 29.6 Å². The lowest BCUT2D eigenvalue weighted by Gasteiger charge is -2.18. The summed E-state index contributed by atoms with van der Waals surface area (Å²) in [6, 6.07) is 5.66. The number of nitrogens with zero attached hydrogens (tertiary/aromatic N) is 1. The molecule has 0 saturated carbocycles. The highest BCUT2D eigenvalue weighted by atomic mass is 16.3. The second-order valence-electron chi connectivity index (χ2n) is 2.93. The first kappa shape index (κ1) is 7.28. The van der Waals surface area contributed by atoms with Gasteiger partial charge in [-0.1, -0.05) is 12.1 Å². The Bertz CT molecular complexity index is 309. The summed E-state index contributed by atoms with van der Waals surface area (Å²) in [5, 5.41) is 6.16. The monoisotopic (exact) mass is 162 g/mol. The minimum Gasteiger partial charge on any atom is -0.383 e. The van der Waals surface area contributed by atoms with Gasteiger partial charge in [-0.15, -0.1) is 4.91 Å². The molecule has 1 aliphatic rings. The first-order valence-corrected chi connectivity index (χ1v) is 4.11. The van der Waals surface area contributed by atoms with Crippen LogP contribution in [0.3, 0.4) is 0 Å². The Morgan fingerprint density at radius 2 is 2.33 bits per heavy atom. The average Bonchev–Trinajstić information content (AvgIpc) is 2.17. The molecule has 3 nitrogen and oxygen atoms in total. The number of hydrogen-bond donors (Lipinski definition) is 1. The molecule has 1 aromatic rings. The summed E-state index contributed by atoms with van der Waals surface area (Å²) in [5.74, 6) is 0. The number of anilines is 1. The molecule has 0 saturated heterocycles. The fourth-order valence-electron chi connectivity index (χ4n) is 1.57. The summed E-state index contributed by atoms with van der Waals surface area (Å²) in [4.78, 5) is 10.4. The first-order chi connectivity index (χ1) is 5.92. The molecule has 1 aromatic carbocycles. The first-order valence-electron chi connectivity index (χ1n) is 4.11. The summed E-state index contributed by atoms with van der Waals surface area (Å²) in [6.07, 6.45) is 2.18. The normalized spacial score (nSPS) is 14.7. The van der Waals surface area contributed by atoms with Crippen molar-refractivity contribution in [1.29, 1.82) is 0 Å². The maximum Gasteiger partial charge on any atom is 0.131 e. The van der Waals surface area contributed by atoms with Gasteiger partial charge >= 0.3 is 0 Å². The highest BCUT2D eigenvalue weighted by molar-refractivity contribution is 5.70. The van der Waals surface area contributed by atoms with Crippen LogP contribution in [0.2, 0.25) is 0 Å². The SMILES string of the molecule is O=Nc1cccc2c1NCCC2. The predicted molar refractivity (Wildman–Crippen MR) is 48.7 cm³/mol. The van der Waals surface area contributed by atoms with Crippen LogP contribution in [0.15, 0.2) is 23.4 Å². The van der Waals surface area contributed by atoms with Crippen molar-refractivity contribution in [2.45, 2.75) is 12.8 Å². The molecule has 0 fully saturated rings. The molecule has 12 heavy (non-hydrogen) atoms. The number of rotatable bonds is 1. The molecule has 3 heteroatoms. The Hall–Kier alpha value is -1.38. The maximum absolute atomic E-state index is 10.4. The molecule has 0 aromatic heterocycles. The van der Waals surface area contributed by atoms with E-state index >= 15 is 0 Å². The minimum absolute atomic E-state index is 0.534. The predicted octanol–water partition coefficient (Wildman–Crippen LogP) is 2.44. The van der Waals surface area contributed by atoms with E-state index in [4.69, 9.17) is 0 Å². The second kappa shape index (κ2) is 2.93. The van der Waals surface area contributed by atoms with Crippen LogP contribution in [-0.4, -0.2) is 6.54 Å². The summed E-state index contributed by atoms with van der Waals surface area (Å²) in [5.41, 5.74) is 2.67. The molecule has 2 rings (SSSR count). The second-order valence-corrected chi connectivity index (χ2v) is 2.93. The zero-order chi connectivity index (χ0) is 8.39. The average molecular weight is 162 g/mol. The smallest absolute Gasteiger partial charge is 0.131 e. The number of fused-ring (bicyclic) bond motifs is 1. The van der Waals surface area contributed by atoms with Crippen molar-refractivity contribution in [3.05, 3.63) is 28.7 Å². The van der Waals surface area contributed by atoms with Crippen LogP contribution in [0.4, 0.5) is 11.4 Å². The van der Waals surface area contributed by atoms with Gasteiger partial charge in [0.1, 0.15) is 5.69 Å². The summed E-state index contributed by atoms with van der Waals surface area (Å²) in [6.45, 7) is 0.944. The van der Waals surface area contributed by atoms with Crippen LogP contribution >= 0.6 is 0 Å². The molecular weight excluding hydrogens is 152 g/mol. The van der Waals surface area contributed by atoms with Crippen LogP contribution in [0.1, 0.15) is 12.0 Å². The summed E-state index contributed by atoms with van der Waals surface area (Å²) < 4.78 is 0. The Morgan fingerprint density at radius 3 is 3.17 bits per heavy atom. The van der Waals surface area contributed by atoms with E-state index in [2.05, 4.69) is 10.5 Å². The molecule has 0 amide bonds. The van der Waals surface area contributed by atoms with Crippen molar-refractivity contribution >= 4 is 11.4 Å². The highest BCUT2D eigenvalue weighted by Crippen LogP contribution is 2.31. The molecule has 0 radical (unpaired) electrons. The van der Waals surface area contributed by atoms with Crippen molar-refractivity contribution in [1.82, 2.24) is 0 Å². The Morgan fingerprint density at radius 1 is 1.42 bits per heavy atom. The summed E-state index contributed by atoms with van der Waals surface area (Å²) in [7, 11) is 0. The number of hydrogen-bond acceptors (Lipinski definition) is 3. The van der Waals surface area contributed by atoms with E-state index in [1.54, 1.807) is 6.07 Å². The largest absolute Gasteiger partial charge is 0.383 e. The third-order valence-corrected chi connectivity index (χ3v) is 2.15. The fourth-order valence-corrected chi connectivity index (χ4v) is 1.57. The Kier molecular flexibility index (Phi) is 1.78. The van der Waals surface area contributed by atoms with Crippen molar-refractivity contribution in [2.75, 3.05) is 11.9 Å². The number of nitroso groups, excluding NO2 is 1. The van der Waals surface area contributed by atoms with Gasteiger partial charge in [0.05, 0.1) is 5.69 Å². The van der Waals surface area contributed by atoms with Gasteiger partial charge in [0.15, 0.2) is 0 Å². The fraction of sp³-hybridized carbons (Fsp3) is 0.333. The van der Waals surface area contributed by atoms with E-state index in [0.717, 1.165) is 25.1 Å². The number of benzene rings is 1. The van der Waals surface area contributed by atoms with Crippen molar-refractivity contribution in [2.24, 2.45) is 5.18 Å². The van der Waals surface area contributed by atoms with Gasteiger partial charge < -0.3 is 5.32 Å². The van der Waals surface area contributed by atoms with Crippen molar-refractivity contribution < 1.29 is 0 Å². The number of para-hydroxylation sites is 1. The molecule has 1 N–H and O–H groups in total. The molecule has 0 aliphatic carbocycles. The van der Waals surface area contributed by atoms with Gasteiger partial charge in [0, 0.05) is 6.54 Å². The topological polar surface area (TPSA) is 41.5 Å². The lowest BCUT2D eigenvalue weighted by atomic mass is 10.0. The molecule has 1 aliphatic heterocycles. The van der Waals surface area contributed by atoms with Crippen molar-refractivity contribution in [3.8, 4) is 0 Å². The third-order valence-electron chi connectivity index (χ3n) is 2.15. The Labute approximate surface area is 70.8 Å². The number of aryl methyl sites for hydroxylation is 1. The Balaban J connectivity index is 2.51. The zero-order valence-corrected chi connectivity index (χ0v) is 6.71. The molecule has 0 spiro atoms. The minimum atomic E-state index is 0.534. The van der Waals surface area contributed by atoms with Crippen LogP contribution in [0.25, 0.3) is 0 Å². The van der Waals surface area contributed by atoms with Crippen LogP contribution in [-0.2, 0) is 6.42 Å². The van der Waals surface area contributed by atoms with E-state index in [0.29, 0.717) is 5.69 Å². The van der Waals surface area contributed by atoms with Gasteiger partial charge in [-0.2, -0.15) is 0 Å². The highest BCUT2D eigenvalue weighted by Gasteiger charge is 2.11. The molecular formula is C9H10N2O. The lowest BCUT2D eigenvalue weighted by Crippen LogP contribution is -2.11. The van der Waals surface area contributed by atoms with Gasteiger partial charge in [0.2, 0.25) is 0 Å². The van der Waals surface area contributed by atoms with E-state index < -0.39 is 0 Å². The van der Waals surface area contributed by atoms with E-state index in [9.17, 15) is 4.91 Å². The summed E-state index contributed by atoms with van der Waals surface area (Å²) >= 11 is 0. The van der Waals surface area contributed by atoms with Gasteiger partial charge in [0.25, 0.3) is 0 Å². The molecule has 0 atom stereocenters. The molecule has 1 heterocycles. The standard InChI is InChI=1S/C9H10N2O/c12-11-8-5-1-3-7-4-2-6-10-9(7)8/h1,3,5,10H,2,4,6H2. The van der Waals surface area contributed by atoms with Crippen molar-refractivity contribution in [3.63, 3.8) is 0 Å². The molecule has 62 valence electrons. The van der Waals surface area contributed by atoms with E-state index in [-0.39, 0.29) is 0 Å². The van der Waals surface area contributed by atoms with E-state index in [1.807, 2.05) is 12.1 Å². The van der Waals surface area contributed by atoms with Gasteiger partial charge in [-0.25, -0.2) is 0 Å². The molecule has 0 bridgehead atoms. The number of nitrogens with one attached hydrogen (secondary N) is 1. The van der Waals surface area contributed by atoms with Gasteiger partial charge in [-0.3, -0.25) is 0 Å². The van der Waals surface area contributed by atoms with Crippen LogP contribution < -0.4 is 5.32 Å². The zero-order valence-electron chi connectivity index (χ0n) is 6.71.